The first kappa shape index (κ1) is 15.9. The van der Waals surface area contributed by atoms with Gasteiger partial charge in [-0.05, 0) is 38.3 Å². The second-order valence-electron chi connectivity index (χ2n) is 5.84. The Morgan fingerprint density at radius 1 is 1.24 bits per heavy atom. The summed E-state index contributed by atoms with van der Waals surface area (Å²) >= 11 is 0. The molecular weight excluding hydrogens is 262 g/mol. The predicted octanol–water partition coefficient (Wildman–Crippen LogP) is 4.53. The average molecular weight is 289 g/mol. The van der Waals surface area contributed by atoms with E-state index in [9.17, 15) is 0 Å². The van der Waals surface area contributed by atoms with Crippen molar-refractivity contribution in [3.8, 4) is 5.75 Å². The van der Waals surface area contributed by atoms with Crippen LogP contribution in [-0.2, 0) is 13.0 Å². The summed E-state index contributed by atoms with van der Waals surface area (Å²) in [4.78, 5) is 0. The van der Waals surface area contributed by atoms with Gasteiger partial charge in [-0.3, -0.25) is 0 Å². The van der Waals surface area contributed by atoms with E-state index < -0.39 is 0 Å². The molecule has 2 aromatic rings. The third-order valence-electron chi connectivity index (χ3n) is 3.49. The quantitative estimate of drug-likeness (QED) is 0.725. The zero-order valence-electron chi connectivity index (χ0n) is 13.7. The van der Waals surface area contributed by atoms with E-state index in [0.717, 1.165) is 43.0 Å². The Labute approximate surface area is 127 Å². The first-order valence-electron chi connectivity index (χ1n) is 8.04. The van der Waals surface area contributed by atoms with Gasteiger partial charge in [0.25, 0.3) is 0 Å². The summed E-state index contributed by atoms with van der Waals surface area (Å²) in [6.45, 7) is 11.1. The van der Waals surface area contributed by atoms with Gasteiger partial charge in [0.05, 0.1) is 13.2 Å². The molecule has 1 N–H and O–H groups in total. The van der Waals surface area contributed by atoms with Gasteiger partial charge in [0, 0.05) is 10.9 Å². The van der Waals surface area contributed by atoms with Crippen LogP contribution in [0.1, 0.15) is 45.4 Å². The van der Waals surface area contributed by atoms with Crippen molar-refractivity contribution in [2.75, 3.05) is 13.2 Å². The standard InChI is InChI=1S/C18H27NO2/c1-5-10-19-12-17-15(11-13(3)4)14-8-7-9-16(20-6-2)18(14)21-17/h7-9,13,19H,5-6,10-12H2,1-4H3. The smallest absolute Gasteiger partial charge is 0.176 e. The molecule has 0 atom stereocenters. The lowest BCUT2D eigenvalue weighted by Crippen LogP contribution is -2.14. The van der Waals surface area contributed by atoms with Gasteiger partial charge in [0.2, 0.25) is 0 Å². The second kappa shape index (κ2) is 7.51. The minimum Gasteiger partial charge on any atom is -0.490 e. The molecule has 1 aromatic carbocycles. The molecule has 1 heterocycles. The third-order valence-corrected chi connectivity index (χ3v) is 3.49. The number of fused-ring (bicyclic) bond motifs is 1. The number of nitrogens with one attached hydrogen (secondary N) is 1. The highest BCUT2D eigenvalue weighted by Gasteiger charge is 2.17. The van der Waals surface area contributed by atoms with Gasteiger partial charge in [-0.1, -0.05) is 32.9 Å². The summed E-state index contributed by atoms with van der Waals surface area (Å²) in [5.41, 5.74) is 2.22. The van der Waals surface area contributed by atoms with Crippen LogP contribution in [0.3, 0.4) is 0 Å². The maximum Gasteiger partial charge on any atom is 0.176 e. The van der Waals surface area contributed by atoms with E-state index in [1.165, 1.54) is 10.9 Å². The summed E-state index contributed by atoms with van der Waals surface area (Å²) in [6.07, 6.45) is 2.16. The molecule has 0 saturated heterocycles. The highest BCUT2D eigenvalue weighted by Crippen LogP contribution is 2.34. The molecule has 0 spiro atoms. The Bertz CT molecular complexity index is 572. The summed E-state index contributed by atoms with van der Waals surface area (Å²) in [7, 11) is 0. The maximum atomic E-state index is 6.14. The topological polar surface area (TPSA) is 34.4 Å². The van der Waals surface area contributed by atoms with Crippen molar-refractivity contribution in [2.24, 2.45) is 5.92 Å². The van der Waals surface area contributed by atoms with Crippen LogP contribution in [0.4, 0.5) is 0 Å². The first-order chi connectivity index (χ1) is 10.2. The Morgan fingerprint density at radius 3 is 2.71 bits per heavy atom. The van der Waals surface area contributed by atoms with E-state index in [1.807, 2.05) is 13.0 Å². The van der Waals surface area contributed by atoms with Gasteiger partial charge in [-0.2, -0.15) is 0 Å². The predicted molar refractivity (Wildman–Crippen MR) is 87.9 cm³/mol. The molecule has 0 aliphatic heterocycles. The zero-order valence-corrected chi connectivity index (χ0v) is 13.7. The molecule has 0 amide bonds. The number of para-hydroxylation sites is 1. The third kappa shape index (κ3) is 3.79. The van der Waals surface area contributed by atoms with Crippen LogP contribution in [0.15, 0.2) is 22.6 Å². The SMILES string of the molecule is CCCNCc1oc2c(OCC)cccc2c1CC(C)C. The second-order valence-corrected chi connectivity index (χ2v) is 5.84. The molecule has 0 bridgehead atoms. The molecule has 0 saturated carbocycles. The van der Waals surface area contributed by atoms with Crippen LogP contribution in [-0.4, -0.2) is 13.2 Å². The number of ether oxygens (including phenoxy) is 1. The van der Waals surface area contributed by atoms with Crippen LogP contribution < -0.4 is 10.1 Å². The van der Waals surface area contributed by atoms with Gasteiger partial charge in [0.15, 0.2) is 11.3 Å². The molecule has 3 heteroatoms. The van der Waals surface area contributed by atoms with Crippen molar-refractivity contribution >= 4 is 11.0 Å². The highest BCUT2D eigenvalue weighted by atomic mass is 16.5. The van der Waals surface area contributed by atoms with Crippen molar-refractivity contribution in [2.45, 2.75) is 47.1 Å². The van der Waals surface area contributed by atoms with E-state index >= 15 is 0 Å². The molecule has 0 aliphatic rings. The number of benzene rings is 1. The Morgan fingerprint density at radius 2 is 2.05 bits per heavy atom. The molecule has 21 heavy (non-hydrogen) atoms. The molecule has 1 aromatic heterocycles. The van der Waals surface area contributed by atoms with Crippen molar-refractivity contribution in [3.05, 3.63) is 29.5 Å². The van der Waals surface area contributed by atoms with E-state index in [-0.39, 0.29) is 0 Å². The molecular formula is C18H27NO2. The van der Waals surface area contributed by atoms with E-state index in [0.29, 0.717) is 12.5 Å². The Balaban J connectivity index is 2.41. The molecule has 0 aliphatic carbocycles. The summed E-state index contributed by atoms with van der Waals surface area (Å²) in [6, 6.07) is 6.18. The molecule has 116 valence electrons. The van der Waals surface area contributed by atoms with E-state index in [2.05, 4.69) is 38.2 Å². The van der Waals surface area contributed by atoms with Crippen LogP contribution in [0, 0.1) is 5.92 Å². The lowest BCUT2D eigenvalue weighted by molar-refractivity contribution is 0.337. The van der Waals surface area contributed by atoms with Crippen LogP contribution in [0.25, 0.3) is 11.0 Å². The summed E-state index contributed by atoms with van der Waals surface area (Å²) < 4.78 is 11.8. The minimum atomic E-state index is 0.603. The van der Waals surface area contributed by atoms with Crippen LogP contribution in [0.5, 0.6) is 5.75 Å². The highest BCUT2D eigenvalue weighted by molar-refractivity contribution is 5.87. The van der Waals surface area contributed by atoms with Gasteiger partial charge < -0.3 is 14.5 Å². The minimum absolute atomic E-state index is 0.603. The van der Waals surface area contributed by atoms with Crippen molar-refractivity contribution in [1.82, 2.24) is 5.32 Å². The number of rotatable bonds is 8. The van der Waals surface area contributed by atoms with Crippen molar-refractivity contribution < 1.29 is 9.15 Å². The van der Waals surface area contributed by atoms with Gasteiger partial charge in [-0.15, -0.1) is 0 Å². The summed E-state index contributed by atoms with van der Waals surface area (Å²) in [5.74, 6) is 2.51. The molecule has 3 nitrogen and oxygen atoms in total. The monoisotopic (exact) mass is 289 g/mol. The fourth-order valence-corrected chi connectivity index (χ4v) is 2.62. The normalized spacial score (nSPS) is 11.5. The molecule has 2 rings (SSSR count). The fraction of sp³-hybridized carbons (Fsp3) is 0.556. The van der Waals surface area contributed by atoms with Crippen LogP contribution in [0.2, 0.25) is 0 Å². The number of furan rings is 1. The van der Waals surface area contributed by atoms with Crippen molar-refractivity contribution in [3.63, 3.8) is 0 Å². The van der Waals surface area contributed by atoms with Gasteiger partial charge in [0.1, 0.15) is 5.76 Å². The van der Waals surface area contributed by atoms with E-state index in [4.69, 9.17) is 9.15 Å². The van der Waals surface area contributed by atoms with E-state index in [1.54, 1.807) is 0 Å². The Kier molecular flexibility index (Phi) is 5.68. The fourth-order valence-electron chi connectivity index (χ4n) is 2.62. The lowest BCUT2D eigenvalue weighted by Gasteiger charge is -2.07. The average Bonchev–Trinajstić information content (AvgIpc) is 2.78. The molecule has 0 radical (unpaired) electrons. The Hall–Kier alpha value is -1.48. The van der Waals surface area contributed by atoms with Crippen LogP contribution >= 0.6 is 0 Å². The first-order valence-corrected chi connectivity index (χ1v) is 8.04. The number of hydrogen-bond donors (Lipinski definition) is 1. The van der Waals surface area contributed by atoms with Crippen molar-refractivity contribution in [1.29, 1.82) is 0 Å². The summed E-state index contributed by atoms with van der Waals surface area (Å²) in [5, 5.41) is 4.64. The van der Waals surface area contributed by atoms with Gasteiger partial charge in [-0.25, -0.2) is 0 Å². The molecule has 0 unspecified atom stereocenters. The zero-order chi connectivity index (χ0) is 15.2. The lowest BCUT2D eigenvalue weighted by atomic mass is 9.99. The number of hydrogen-bond acceptors (Lipinski definition) is 3. The maximum absolute atomic E-state index is 6.14. The molecule has 0 fully saturated rings. The van der Waals surface area contributed by atoms with Gasteiger partial charge >= 0.3 is 0 Å². The largest absolute Gasteiger partial charge is 0.490 e.